The van der Waals surface area contributed by atoms with Gasteiger partial charge >= 0.3 is 0 Å². The Bertz CT molecular complexity index is 496. The van der Waals surface area contributed by atoms with Gasteiger partial charge in [-0.25, -0.2) is 8.42 Å². The molecule has 2 rings (SSSR count). The third-order valence-corrected chi connectivity index (χ3v) is 5.43. The molecule has 2 N–H and O–H groups in total. The van der Waals surface area contributed by atoms with Crippen LogP contribution in [0.2, 0.25) is 0 Å². The van der Waals surface area contributed by atoms with Gasteiger partial charge < -0.3 is 5.73 Å². The largest absolute Gasteiger partial charge is 0.330 e. The standard InChI is InChI=1S/C13H20N2O2S/c1-2-11-3-5-13(6-4-11)18(16,17)15-8-7-12(9-14)10-15/h3-6,12H,2,7-10,14H2,1H3. The third kappa shape index (κ3) is 2.58. The molecule has 1 aliphatic rings. The fourth-order valence-corrected chi connectivity index (χ4v) is 3.79. The van der Waals surface area contributed by atoms with Crippen molar-refractivity contribution >= 4 is 10.0 Å². The van der Waals surface area contributed by atoms with E-state index in [9.17, 15) is 8.42 Å². The molecule has 4 nitrogen and oxygen atoms in total. The average Bonchev–Trinajstić information content (AvgIpc) is 2.88. The highest BCUT2D eigenvalue weighted by Gasteiger charge is 2.31. The zero-order valence-corrected chi connectivity index (χ0v) is 11.5. The van der Waals surface area contributed by atoms with Crippen molar-refractivity contribution in [2.45, 2.75) is 24.7 Å². The summed E-state index contributed by atoms with van der Waals surface area (Å²) >= 11 is 0. The topological polar surface area (TPSA) is 63.4 Å². The van der Waals surface area contributed by atoms with Crippen LogP contribution in [-0.4, -0.2) is 32.4 Å². The zero-order chi connectivity index (χ0) is 13.2. The van der Waals surface area contributed by atoms with Gasteiger partial charge in [0.15, 0.2) is 0 Å². The Morgan fingerprint density at radius 3 is 2.50 bits per heavy atom. The Hall–Kier alpha value is -0.910. The Kier molecular flexibility index (Phi) is 4.04. The molecule has 18 heavy (non-hydrogen) atoms. The van der Waals surface area contributed by atoms with E-state index in [4.69, 9.17) is 5.73 Å². The van der Waals surface area contributed by atoms with E-state index in [-0.39, 0.29) is 0 Å². The van der Waals surface area contributed by atoms with Gasteiger partial charge in [0.25, 0.3) is 0 Å². The maximum atomic E-state index is 12.4. The molecule has 0 aliphatic carbocycles. The number of nitrogens with two attached hydrogens (primary N) is 1. The van der Waals surface area contributed by atoms with E-state index in [0.29, 0.717) is 30.4 Å². The van der Waals surface area contributed by atoms with Crippen LogP contribution in [0.4, 0.5) is 0 Å². The van der Waals surface area contributed by atoms with E-state index in [1.54, 1.807) is 16.4 Å². The van der Waals surface area contributed by atoms with E-state index < -0.39 is 10.0 Å². The van der Waals surface area contributed by atoms with Crippen LogP contribution in [0.1, 0.15) is 18.9 Å². The molecule has 1 fully saturated rings. The van der Waals surface area contributed by atoms with Crippen LogP contribution in [0.5, 0.6) is 0 Å². The molecule has 5 heteroatoms. The predicted octanol–water partition coefficient (Wildman–Crippen LogP) is 1.22. The SMILES string of the molecule is CCc1ccc(S(=O)(=O)N2CCC(CN)C2)cc1. The summed E-state index contributed by atoms with van der Waals surface area (Å²) in [6.07, 6.45) is 1.78. The van der Waals surface area contributed by atoms with Crippen molar-refractivity contribution in [1.29, 1.82) is 0 Å². The van der Waals surface area contributed by atoms with Crippen LogP contribution in [0, 0.1) is 5.92 Å². The Morgan fingerprint density at radius 1 is 1.33 bits per heavy atom. The van der Waals surface area contributed by atoms with Crippen LogP contribution in [0.3, 0.4) is 0 Å². The minimum absolute atomic E-state index is 0.301. The highest BCUT2D eigenvalue weighted by atomic mass is 32.2. The minimum atomic E-state index is -3.33. The molecule has 0 aromatic heterocycles. The van der Waals surface area contributed by atoms with Crippen LogP contribution in [-0.2, 0) is 16.4 Å². The molecule has 1 aromatic rings. The Labute approximate surface area is 109 Å². The van der Waals surface area contributed by atoms with E-state index in [1.807, 2.05) is 12.1 Å². The van der Waals surface area contributed by atoms with Gasteiger partial charge in [-0.2, -0.15) is 4.31 Å². The molecule has 1 saturated heterocycles. The molecular weight excluding hydrogens is 248 g/mol. The third-order valence-electron chi connectivity index (χ3n) is 3.55. The summed E-state index contributed by atoms with van der Waals surface area (Å²) in [6.45, 7) is 3.74. The average molecular weight is 268 g/mol. The van der Waals surface area contributed by atoms with Crippen LogP contribution in [0.15, 0.2) is 29.2 Å². The number of hydrogen-bond donors (Lipinski definition) is 1. The summed E-state index contributed by atoms with van der Waals surface area (Å²) in [5.74, 6) is 0.301. The summed E-state index contributed by atoms with van der Waals surface area (Å²) in [6, 6.07) is 7.15. The molecule has 0 saturated carbocycles. The van der Waals surface area contributed by atoms with Gasteiger partial charge in [0.05, 0.1) is 4.90 Å². The van der Waals surface area contributed by atoms with Gasteiger partial charge in [0.1, 0.15) is 0 Å². The molecule has 0 amide bonds. The molecule has 1 aliphatic heterocycles. The van der Waals surface area contributed by atoms with Crippen molar-refractivity contribution in [2.75, 3.05) is 19.6 Å². The Balaban J connectivity index is 2.20. The number of benzene rings is 1. The Morgan fingerprint density at radius 2 is 2.00 bits per heavy atom. The highest BCUT2D eigenvalue weighted by molar-refractivity contribution is 7.89. The van der Waals surface area contributed by atoms with Gasteiger partial charge in [-0.05, 0) is 43.0 Å². The second kappa shape index (κ2) is 5.38. The smallest absolute Gasteiger partial charge is 0.243 e. The molecule has 0 bridgehead atoms. The lowest BCUT2D eigenvalue weighted by atomic mass is 10.1. The lowest BCUT2D eigenvalue weighted by molar-refractivity contribution is 0.459. The van der Waals surface area contributed by atoms with Gasteiger partial charge in [-0.15, -0.1) is 0 Å². The minimum Gasteiger partial charge on any atom is -0.330 e. The van der Waals surface area contributed by atoms with Crippen molar-refractivity contribution in [1.82, 2.24) is 4.31 Å². The van der Waals surface area contributed by atoms with Crippen LogP contribution in [0.25, 0.3) is 0 Å². The van der Waals surface area contributed by atoms with E-state index in [1.165, 1.54) is 0 Å². The lowest BCUT2D eigenvalue weighted by Crippen LogP contribution is -2.30. The van der Waals surface area contributed by atoms with E-state index in [2.05, 4.69) is 6.92 Å². The van der Waals surface area contributed by atoms with Crippen molar-refractivity contribution in [2.24, 2.45) is 11.7 Å². The number of aryl methyl sites for hydroxylation is 1. The normalized spacial score (nSPS) is 21.3. The van der Waals surface area contributed by atoms with Crippen molar-refractivity contribution in [3.63, 3.8) is 0 Å². The number of nitrogens with zero attached hydrogens (tertiary/aromatic N) is 1. The fraction of sp³-hybridized carbons (Fsp3) is 0.538. The summed E-state index contributed by atoms with van der Waals surface area (Å²) in [5, 5.41) is 0. The number of sulfonamides is 1. The summed E-state index contributed by atoms with van der Waals surface area (Å²) in [4.78, 5) is 0.386. The summed E-state index contributed by atoms with van der Waals surface area (Å²) < 4.78 is 26.3. The monoisotopic (exact) mass is 268 g/mol. The van der Waals surface area contributed by atoms with Gasteiger partial charge in [-0.1, -0.05) is 19.1 Å². The van der Waals surface area contributed by atoms with Crippen LogP contribution < -0.4 is 5.73 Å². The first kappa shape index (κ1) is 13.5. The maximum Gasteiger partial charge on any atom is 0.243 e. The first-order chi connectivity index (χ1) is 8.57. The summed E-state index contributed by atoms with van der Waals surface area (Å²) in [7, 11) is -3.33. The zero-order valence-electron chi connectivity index (χ0n) is 10.7. The molecule has 100 valence electrons. The quantitative estimate of drug-likeness (QED) is 0.893. The lowest BCUT2D eigenvalue weighted by Gasteiger charge is -2.16. The van der Waals surface area contributed by atoms with Crippen molar-refractivity contribution in [3.8, 4) is 0 Å². The summed E-state index contributed by atoms with van der Waals surface area (Å²) in [5.41, 5.74) is 6.74. The maximum absolute atomic E-state index is 12.4. The van der Waals surface area contributed by atoms with Gasteiger partial charge in [0.2, 0.25) is 10.0 Å². The van der Waals surface area contributed by atoms with Gasteiger partial charge in [0, 0.05) is 13.1 Å². The molecule has 0 radical (unpaired) electrons. The van der Waals surface area contributed by atoms with Crippen molar-refractivity contribution in [3.05, 3.63) is 29.8 Å². The van der Waals surface area contributed by atoms with Crippen molar-refractivity contribution < 1.29 is 8.42 Å². The fourth-order valence-electron chi connectivity index (χ4n) is 2.25. The second-order valence-electron chi connectivity index (χ2n) is 4.75. The van der Waals surface area contributed by atoms with Gasteiger partial charge in [-0.3, -0.25) is 0 Å². The predicted molar refractivity (Wildman–Crippen MR) is 71.7 cm³/mol. The molecule has 1 atom stereocenters. The van der Waals surface area contributed by atoms with E-state index >= 15 is 0 Å². The molecule has 1 aromatic carbocycles. The first-order valence-electron chi connectivity index (χ1n) is 6.37. The van der Waals surface area contributed by atoms with Crippen LogP contribution >= 0.6 is 0 Å². The first-order valence-corrected chi connectivity index (χ1v) is 7.81. The van der Waals surface area contributed by atoms with E-state index in [0.717, 1.165) is 18.4 Å². The number of hydrogen-bond acceptors (Lipinski definition) is 3. The molecular formula is C13H20N2O2S. The second-order valence-corrected chi connectivity index (χ2v) is 6.69. The molecule has 1 unspecified atom stereocenters. The molecule has 0 spiro atoms. The molecule has 1 heterocycles. The highest BCUT2D eigenvalue weighted by Crippen LogP contribution is 2.23. The number of rotatable bonds is 4.